The number of ketones is 1. The summed E-state index contributed by atoms with van der Waals surface area (Å²) in [6.45, 7) is 6.44. The Morgan fingerprint density at radius 2 is 1.75 bits per heavy atom. The number of Topliss-reactive ketones (excluding diaryl/α,β-unsaturated/α-hetero) is 1. The van der Waals surface area contributed by atoms with Crippen LogP contribution in [0.15, 0.2) is 36.4 Å². The van der Waals surface area contributed by atoms with Gasteiger partial charge in [0.15, 0.2) is 5.78 Å². The van der Waals surface area contributed by atoms with Crippen LogP contribution >= 0.6 is 12.6 Å². The summed E-state index contributed by atoms with van der Waals surface area (Å²) in [5.41, 5.74) is 0.695. The minimum absolute atomic E-state index is 0.0833. The van der Waals surface area contributed by atoms with E-state index < -0.39 is 11.9 Å². The molecule has 20 heavy (non-hydrogen) atoms. The minimum Gasteiger partial charge on any atom is -0.481 e. The lowest BCUT2D eigenvalue weighted by Gasteiger charge is -2.06. The molecule has 1 N–H and O–H groups in total. The van der Waals surface area contributed by atoms with Crippen molar-refractivity contribution in [2.75, 3.05) is 5.75 Å². The van der Waals surface area contributed by atoms with Crippen LogP contribution in [-0.2, 0) is 9.59 Å². The predicted octanol–water partition coefficient (Wildman–Crippen LogP) is 2.37. The summed E-state index contributed by atoms with van der Waals surface area (Å²) in [7, 11) is 0. The van der Waals surface area contributed by atoms with E-state index in [9.17, 15) is 14.4 Å². The Bertz CT molecular complexity index is 522. The highest BCUT2D eigenvalue weighted by Gasteiger charge is 2.11. The van der Waals surface area contributed by atoms with Gasteiger partial charge in [-0.3, -0.25) is 9.59 Å². The first-order valence-corrected chi connectivity index (χ1v) is 6.23. The molecule has 0 saturated carbocycles. The smallest absolute Gasteiger partial charge is 0.338 e. The number of benzene rings is 1. The van der Waals surface area contributed by atoms with Crippen molar-refractivity contribution in [3.8, 4) is 5.75 Å². The molecule has 0 saturated heterocycles. The lowest BCUT2D eigenvalue weighted by atomic mass is 10.1. The van der Waals surface area contributed by atoms with Gasteiger partial charge in [-0.2, -0.15) is 12.6 Å². The average Bonchev–Trinajstić information content (AvgIpc) is 2.39. The molecule has 0 fully saturated rings. The number of carboxylic acids is 1. The Balaban J connectivity index is 0.000000621. The van der Waals surface area contributed by atoms with Crippen molar-refractivity contribution in [1.82, 2.24) is 0 Å². The molecule has 0 bridgehead atoms. The molecule has 0 atom stereocenters. The Labute approximate surface area is 122 Å². The first kappa shape index (κ1) is 17.9. The second kappa shape index (κ2) is 8.92. The largest absolute Gasteiger partial charge is 0.481 e. The van der Waals surface area contributed by atoms with E-state index >= 15 is 0 Å². The molecule has 0 aliphatic rings. The third kappa shape index (κ3) is 6.75. The van der Waals surface area contributed by atoms with Gasteiger partial charge < -0.3 is 9.84 Å². The summed E-state index contributed by atoms with van der Waals surface area (Å²) in [4.78, 5) is 31.7. The number of hydrogen-bond donors (Lipinski definition) is 2. The monoisotopic (exact) mass is 296 g/mol. The molecule has 1 rings (SSSR count). The molecule has 1 aromatic carbocycles. The van der Waals surface area contributed by atoms with Crippen LogP contribution in [0.2, 0.25) is 0 Å². The lowest BCUT2D eigenvalue weighted by Crippen LogP contribution is -2.10. The molecule has 0 aliphatic heterocycles. The number of carbonyl (C=O) groups excluding carboxylic acids is 2. The van der Waals surface area contributed by atoms with Crippen LogP contribution in [0.1, 0.15) is 24.2 Å². The van der Waals surface area contributed by atoms with Gasteiger partial charge in [0.25, 0.3) is 0 Å². The molecule has 0 unspecified atom stereocenters. The maximum Gasteiger partial charge on any atom is 0.338 e. The third-order valence-corrected chi connectivity index (χ3v) is 2.22. The fourth-order valence-electron chi connectivity index (χ4n) is 1.03. The molecule has 0 aliphatic carbocycles. The zero-order valence-electron chi connectivity index (χ0n) is 11.3. The molecule has 0 spiro atoms. The van der Waals surface area contributed by atoms with Crippen LogP contribution in [0.5, 0.6) is 5.75 Å². The van der Waals surface area contributed by atoms with E-state index in [-0.39, 0.29) is 17.3 Å². The molecule has 0 amide bonds. The fraction of sp³-hybridized carbons (Fsp3) is 0.214. The van der Waals surface area contributed by atoms with E-state index in [1.54, 1.807) is 31.2 Å². The second-order valence-electron chi connectivity index (χ2n) is 3.77. The number of carbonyl (C=O) groups is 3. The van der Waals surface area contributed by atoms with Crippen LogP contribution in [-0.4, -0.2) is 28.6 Å². The molecule has 6 heteroatoms. The second-order valence-corrected chi connectivity index (χ2v) is 4.09. The van der Waals surface area contributed by atoms with Gasteiger partial charge >= 0.3 is 11.9 Å². The maximum atomic E-state index is 11.3. The zero-order valence-corrected chi connectivity index (χ0v) is 12.1. The van der Waals surface area contributed by atoms with Gasteiger partial charge in [0.05, 0.1) is 11.3 Å². The SMILES string of the molecule is C=C(C)C(=O)Oc1ccccc1C(C)=O.O=C(O)CS. The number of para-hydroxylation sites is 1. The number of thiol groups is 1. The quantitative estimate of drug-likeness (QED) is 0.293. The Morgan fingerprint density at radius 1 is 1.25 bits per heavy atom. The summed E-state index contributed by atoms with van der Waals surface area (Å²) in [5, 5.41) is 7.65. The first-order chi connectivity index (χ1) is 9.29. The minimum atomic E-state index is -0.881. The summed E-state index contributed by atoms with van der Waals surface area (Å²) in [6.07, 6.45) is 0. The number of rotatable bonds is 4. The molecule has 0 aromatic heterocycles. The highest BCUT2D eigenvalue weighted by atomic mass is 32.1. The van der Waals surface area contributed by atoms with Gasteiger partial charge in [-0.1, -0.05) is 18.7 Å². The number of hydrogen-bond acceptors (Lipinski definition) is 5. The van der Waals surface area contributed by atoms with Crippen LogP contribution in [0.3, 0.4) is 0 Å². The van der Waals surface area contributed by atoms with Gasteiger partial charge in [-0.25, -0.2) is 4.79 Å². The standard InChI is InChI=1S/C12H12O3.C2H4O2S/c1-8(2)12(14)15-11-7-5-4-6-10(11)9(3)13;3-2(4)1-5/h4-7H,1H2,2-3H3;5H,1H2,(H,3,4). The van der Waals surface area contributed by atoms with Gasteiger partial charge in [0, 0.05) is 5.57 Å². The van der Waals surface area contributed by atoms with Crippen molar-refractivity contribution in [1.29, 1.82) is 0 Å². The fourth-order valence-corrected chi connectivity index (χ4v) is 1.03. The van der Waals surface area contributed by atoms with Gasteiger partial charge in [-0.05, 0) is 26.0 Å². The van der Waals surface area contributed by atoms with Crippen LogP contribution in [0.4, 0.5) is 0 Å². The van der Waals surface area contributed by atoms with Crippen molar-refractivity contribution >= 4 is 30.4 Å². The summed E-state index contributed by atoms with van der Waals surface area (Å²) in [5.74, 6) is -1.35. The van der Waals surface area contributed by atoms with Crippen molar-refractivity contribution in [2.45, 2.75) is 13.8 Å². The van der Waals surface area contributed by atoms with E-state index in [0.29, 0.717) is 11.1 Å². The Kier molecular flexibility index (Phi) is 8.00. The van der Waals surface area contributed by atoms with Crippen molar-refractivity contribution in [3.63, 3.8) is 0 Å². The normalized spacial score (nSPS) is 8.95. The zero-order chi connectivity index (χ0) is 15.7. The van der Waals surface area contributed by atoms with Gasteiger partial charge in [0.2, 0.25) is 0 Å². The Morgan fingerprint density at radius 3 is 2.15 bits per heavy atom. The summed E-state index contributed by atoms with van der Waals surface area (Å²) in [6, 6.07) is 6.61. The lowest BCUT2D eigenvalue weighted by molar-refractivity contribution is -0.134. The number of esters is 1. The van der Waals surface area contributed by atoms with Crippen LogP contribution < -0.4 is 4.74 Å². The van der Waals surface area contributed by atoms with E-state index in [2.05, 4.69) is 19.2 Å². The van der Waals surface area contributed by atoms with Crippen LogP contribution in [0, 0.1) is 0 Å². The molecule has 0 heterocycles. The number of aliphatic carboxylic acids is 1. The molecule has 0 radical (unpaired) electrons. The predicted molar refractivity (Wildman–Crippen MR) is 78.4 cm³/mol. The average molecular weight is 296 g/mol. The van der Waals surface area contributed by atoms with E-state index in [4.69, 9.17) is 9.84 Å². The highest BCUT2D eigenvalue weighted by molar-refractivity contribution is 7.81. The molecular weight excluding hydrogens is 280 g/mol. The van der Waals surface area contributed by atoms with E-state index in [0.717, 1.165) is 0 Å². The highest BCUT2D eigenvalue weighted by Crippen LogP contribution is 2.19. The number of ether oxygens (including phenoxy) is 1. The molecule has 1 aromatic rings. The maximum absolute atomic E-state index is 11.3. The topological polar surface area (TPSA) is 80.7 Å². The third-order valence-electron chi connectivity index (χ3n) is 1.95. The summed E-state index contributed by atoms with van der Waals surface area (Å²) >= 11 is 3.42. The van der Waals surface area contributed by atoms with Gasteiger partial charge in [-0.15, -0.1) is 0 Å². The van der Waals surface area contributed by atoms with Gasteiger partial charge in [0.1, 0.15) is 5.75 Å². The van der Waals surface area contributed by atoms with Crippen molar-refractivity contribution in [3.05, 3.63) is 42.0 Å². The first-order valence-electron chi connectivity index (χ1n) is 5.59. The van der Waals surface area contributed by atoms with E-state index in [1.165, 1.54) is 6.92 Å². The molecular formula is C14H16O5S. The van der Waals surface area contributed by atoms with Crippen LogP contribution in [0.25, 0.3) is 0 Å². The molecule has 108 valence electrons. The Hall–Kier alpha value is -2.08. The molecule has 5 nitrogen and oxygen atoms in total. The van der Waals surface area contributed by atoms with E-state index in [1.807, 2.05) is 0 Å². The van der Waals surface area contributed by atoms with Crippen molar-refractivity contribution < 1.29 is 24.2 Å². The van der Waals surface area contributed by atoms with Crippen molar-refractivity contribution in [2.24, 2.45) is 0 Å². The number of carboxylic acid groups (broad SMARTS) is 1. The summed E-state index contributed by atoms with van der Waals surface area (Å²) < 4.78 is 5.01.